The van der Waals surface area contributed by atoms with Crippen molar-refractivity contribution in [2.75, 3.05) is 5.32 Å². The monoisotopic (exact) mass is 357 g/mol. The molecule has 1 aromatic carbocycles. The lowest BCUT2D eigenvalue weighted by Gasteiger charge is -2.20. The molecule has 0 spiro atoms. The van der Waals surface area contributed by atoms with Crippen molar-refractivity contribution in [3.63, 3.8) is 0 Å². The number of amides is 1. The lowest BCUT2D eigenvalue weighted by atomic mass is 10.1. The number of benzene rings is 1. The van der Waals surface area contributed by atoms with E-state index in [2.05, 4.69) is 17.9 Å². The van der Waals surface area contributed by atoms with Gasteiger partial charge in [-0.15, -0.1) is 0 Å². The van der Waals surface area contributed by atoms with E-state index < -0.39 is 46.4 Å². The van der Waals surface area contributed by atoms with Crippen molar-refractivity contribution in [1.82, 2.24) is 0 Å². The maximum atomic E-state index is 12.7. The zero-order chi connectivity index (χ0) is 18.0. The minimum Gasteiger partial charge on any atom is -0.372 e. The van der Waals surface area contributed by atoms with Crippen molar-refractivity contribution in [2.24, 2.45) is 11.7 Å². The molecule has 0 aromatic heterocycles. The number of nitrogens with zero attached hydrogens (tertiary/aromatic N) is 1. The fourth-order valence-electron chi connectivity index (χ4n) is 1.58. The summed E-state index contributed by atoms with van der Waals surface area (Å²) in [5.41, 5.74) is 1.21. The quantitative estimate of drug-likeness (QED) is 0.440. The summed E-state index contributed by atoms with van der Waals surface area (Å²) in [5.74, 6) is -2.68. The Kier molecular flexibility index (Phi) is 5.42. The predicted molar refractivity (Wildman–Crippen MR) is 71.1 cm³/mol. The lowest BCUT2D eigenvalue weighted by Crippen LogP contribution is -2.34. The summed E-state index contributed by atoms with van der Waals surface area (Å²) in [6.07, 6.45) is -10.0. The van der Waals surface area contributed by atoms with Crippen LogP contribution >= 0.6 is 12.6 Å². The number of carbonyl (C=O) groups is 1. The molecule has 2 atom stereocenters. The molecule has 0 aliphatic rings. The molecular weight excluding hydrogens is 348 g/mol. The Morgan fingerprint density at radius 1 is 1.13 bits per heavy atom. The highest BCUT2D eigenvalue weighted by atomic mass is 32.1. The van der Waals surface area contributed by atoms with Gasteiger partial charge in [-0.1, -0.05) is 0 Å². The molecule has 0 saturated heterocycles. The summed E-state index contributed by atoms with van der Waals surface area (Å²) in [7, 11) is 0. The Labute approximate surface area is 131 Å². The van der Waals surface area contributed by atoms with E-state index >= 15 is 0 Å². The van der Waals surface area contributed by atoms with Gasteiger partial charge in [0.1, 0.15) is 0 Å². The van der Waals surface area contributed by atoms with Gasteiger partial charge in [-0.05, 0) is 18.2 Å². The molecule has 0 aliphatic heterocycles. The van der Waals surface area contributed by atoms with Crippen LogP contribution < -0.4 is 11.1 Å². The number of nitrogens with one attached hydrogen (secondary N) is 1. The number of nitrogens with two attached hydrogens (primary N) is 1. The summed E-state index contributed by atoms with van der Waals surface area (Å²) in [4.78, 5) is 11.0. The van der Waals surface area contributed by atoms with E-state index in [1.165, 1.54) is 6.07 Å². The van der Waals surface area contributed by atoms with Crippen LogP contribution in [-0.4, -0.2) is 11.3 Å². The number of alkyl halides is 6. The van der Waals surface area contributed by atoms with Crippen molar-refractivity contribution < 1.29 is 31.1 Å². The number of halogens is 6. The molecule has 2 unspecified atom stereocenters. The summed E-state index contributed by atoms with van der Waals surface area (Å²) in [6, 6.07) is 2.23. The summed E-state index contributed by atoms with van der Waals surface area (Å²) in [5, 5.41) is 9.47. The second kappa shape index (κ2) is 6.57. The number of rotatable bonds is 4. The zero-order valence-corrected chi connectivity index (χ0v) is 11.9. The fraction of sp³-hybridized carbons (Fsp3) is 0.333. The van der Waals surface area contributed by atoms with Gasteiger partial charge in [0, 0.05) is 5.69 Å². The molecule has 1 rings (SSSR count). The van der Waals surface area contributed by atoms with Crippen LogP contribution in [-0.2, 0) is 17.1 Å². The normalized spacial score (nSPS) is 14.7. The van der Waals surface area contributed by atoms with Gasteiger partial charge in [0.05, 0.1) is 22.6 Å². The number of hydrogen-bond acceptors (Lipinski definition) is 4. The molecule has 23 heavy (non-hydrogen) atoms. The summed E-state index contributed by atoms with van der Waals surface area (Å²) >= 11 is 3.77. The maximum Gasteiger partial charge on any atom is 0.416 e. The van der Waals surface area contributed by atoms with E-state index in [4.69, 9.17) is 11.0 Å². The molecule has 1 amide bonds. The molecule has 3 N–H and O–H groups in total. The van der Waals surface area contributed by atoms with E-state index in [0.717, 1.165) is 0 Å². The van der Waals surface area contributed by atoms with E-state index in [1.54, 1.807) is 0 Å². The molecule has 0 heterocycles. The van der Waals surface area contributed by atoms with Crippen molar-refractivity contribution >= 4 is 24.2 Å². The van der Waals surface area contributed by atoms with Crippen LogP contribution in [0.2, 0.25) is 0 Å². The predicted octanol–water partition coefficient (Wildman–Crippen LogP) is 3.02. The molecule has 4 nitrogen and oxygen atoms in total. The van der Waals surface area contributed by atoms with E-state index in [-0.39, 0.29) is 6.07 Å². The van der Waals surface area contributed by atoms with Crippen LogP contribution in [0.15, 0.2) is 18.2 Å². The molecule has 1 aromatic rings. The minimum absolute atomic E-state index is 0.0471. The number of hydrogen-bond donors (Lipinski definition) is 3. The van der Waals surface area contributed by atoms with Crippen LogP contribution in [0.25, 0.3) is 0 Å². The second-order valence-corrected chi connectivity index (χ2v) is 4.95. The topological polar surface area (TPSA) is 78.9 Å². The van der Waals surface area contributed by atoms with Crippen molar-refractivity contribution in [2.45, 2.75) is 17.7 Å². The number of anilines is 1. The third-order valence-corrected chi connectivity index (χ3v) is 3.09. The van der Waals surface area contributed by atoms with Gasteiger partial charge in [-0.2, -0.15) is 44.2 Å². The SMILES string of the molecule is N#CC(C(N)=O)C(S)Nc1cc(C(F)(F)F)cc(C(F)(F)F)c1. The summed E-state index contributed by atoms with van der Waals surface area (Å²) < 4.78 is 76.1. The van der Waals surface area contributed by atoms with Gasteiger partial charge in [0.25, 0.3) is 0 Å². The molecule has 126 valence electrons. The first kappa shape index (κ1) is 19.0. The van der Waals surface area contributed by atoms with Gasteiger partial charge in [0.2, 0.25) is 5.91 Å². The second-order valence-electron chi connectivity index (χ2n) is 4.39. The first-order valence-electron chi connectivity index (χ1n) is 5.79. The van der Waals surface area contributed by atoms with Gasteiger partial charge >= 0.3 is 12.4 Å². The highest BCUT2D eigenvalue weighted by Crippen LogP contribution is 2.37. The third-order valence-electron chi connectivity index (χ3n) is 2.66. The molecule has 0 bridgehead atoms. The average molecular weight is 357 g/mol. The van der Waals surface area contributed by atoms with E-state index in [0.29, 0.717) is 12.1 Å². The lowest BCUT2D eigenvalue weighted by molar-refractivity contribution is -0.143. The van der Waals surface area contributed by atoms with Crippen LogP contribution in [0.1, 0.15) is 11.1 Å². The number of primary amides is 1. The molecule has 0 saturated carbocycles. The average Bonchev–Trinajstić information content (AvgIpc) is 2.36. The number of thiol groups is 1. The zero-order valence-electron chi connectivity index (χ0n) is 11.0. The first-order chi connectivity index (χ1) is 10.4. The fourth-order valence-corrected chi connectivity index (χ4v) is 1.94. The Morgan fingerprint density at radius 2 is 1.57 bits per heavy atom. The Morgan fingerprint density at radius 3 is 1.87 bits per heavy atom. The molecule has 0 aliphatic carbocycles. The Hall–Kier alpha value is -2.09. The maximum absolute atomic E-state index is 12.7. The van der Waals surface area contributed by atoms with Crippen LogP contribution in [0.5, 0.6) is 0 Å². The Bertz CT molecular complexity index is 605. The van der Waals surface area contributed by atoms with Crippen molar-refractivity contribution in [3.8, 4) is 6.07 Å². The Balaban J connectivity index is 3.26. The van der Waals surface area contributed by atoms with Crippen molar-refractivity contribution in [3.05, 3.63) is 29.3 Å². The minimum atomic E-state index is -5.01. The molecule has 0 radical (unpaired) electrons. The van der Waals surface area contributed by atoms with E-state index in [9.17, 15) is 31.1 Å². The number of carbonyl (C=O) groups excluding carboxylic acids is 1. The van der Waals surface area contributed by atoms with Gasteiger partial charge in [0.15, 0.2) is 5.92 Å². The first-order valence-corrected chi connectivity index (χ1v) is 6.31. The van der Waals surface area contributed by atoms with Gasteiger partial charge < -0.3 is 11.1 Å². The van der Waals surface area contributed by atoms with Crippen LogP contribution in [0.4, 0.5) is 32.0 Å². The van der Waals surface area contributed by atoms with E-state index in [1.807, 2.05) is 0 Å². The standard InChI is InChI=1S/C12H9F6N3OS/c13-11(14,15)5-1-6(12(16,17)18)3-7(2-5)21-10(23)8(4-19)9(20)22/h1-3,8,10,21,23H,(H2,20,22). The summed E-state index contributed by atoms with van der Waals surface area (Å²) in [6.45, 7) is 0. The van der Waals surface area contributed by atoms with Gasteiger partial charge in [-0.25, -0.2) is 0 Å². The smallest absolute Gasteiger partial charge is 0.372 e. The molecule has 11 heteroatoms. The highest BCUT2D eigenvalue weighted by Gasteiger charge is 2.37. The molecule has 0 fully saturated rings. The third kappa shape index (κ3) is 4.95. The highest BCUT2D eigenvalue weighted by molar-refractivity contribution is 7.81. The van der Waals surface area contributed by atoms with Crippen molar-refractivity contribution in [1.29, 1.82) is 5.26 Å². The number of nitriles is 1. The molecular formula is C12H9F6N3OS. The van der Waals surface area contributed by atoms with Crippen LogP contribution in [0.3, 0.4) is 0 Å². The van der Waals surface area contributed by atoms with Gasteiger partial charge in [-0.3, -0.25) is 4.79 Å². The largest absolute Gasteiger partial charge is 0.416 e. The van der Waals surface area contributed by atoms with Crippen LogP contribution in [0, 0.1) is 17.2 Å².